The summed E-state index contributed by atoms with van der Waals surface area (Å²) in [6.45, 7) is 4.73. The van der Waals surface area contributed by atoms with Crippen LogP contribution in [0.25, 0.3) is 0 Å². The van der Waals surface area contributed by atoms with Gasteiger partial charge < -0.3 is 20.4 Å². The van der Waals surface area contributed by atoms with Gasteiger partial charge in [-0.3, -0.25) is 14.4 Å². The average molecular weight is 409 g/mol. The maximum absolute atomic E-state index is 13.3. The van der Waals surface area contributed by atoms with E-state index in [0.29, 0.717) is 37.3 Å². The van der Waals surface area contributed by atoms with Crippen LogP contribution in [0.4, 0.5) is 5.69 Å². The molecular formula is C23H28N4O3. The van der Waals surface area contributed by atoms with Crippen molar-refractivity contribution in [2.75, 3.05) is 44.6 Å². The van der Waals surface area contributed by atoms with E-state index in [-0.39, 0.29) is 24.3 Å². The molecule has 0 bridgehead atoms. The summed E-state index contributed by atoms with van der Waals surface area (Å²) in [5.41, 5.74) is 2.11. The number of carbonyl (C=O) groups is 3. The van der Waals surface area contributed by atoms with Gasteiger partial charge in [0.2, 0.25) is 11.8 Å². The van der Waals surface area contributed by atoms with Crippen molar-refractivity contribution in [3.63, 3.8) is 0 Å². The molecule has 0 aliphatic carbocycles. The first kappa shape index (κ1) is 21.5. The van der Waals surface area contributed by atoms with Crippen molar-refractivity contribution in [1.29, 1.82) is 0 Å². The fourth-order valence-electron chi connectivity index (χ4n) is 3.45. The zero-order chi connectivity index (χ0) is 21.3. The van der Waals surface area contributed by atoms with Gasteiger partial charge in [-0.15, -0.1) is 0 Å². The highest BCUT2D eigenvalue weighted by molar-refractivity contribution is 5.98. The lowest BCUT2D eigenvalue weighted by molar-refractivity contribution is -0.132. The van der Waals surface area contributed by atoms with Crippen LogP contribution in [-0.2, 0) is 16.0 Å². The molecule has 0 saturated carbocycles. The zero-order valence-electron chi connectivity index (χ0n) is 17.3. The number of amides is 3. The van der Waals surface area contributed by atoms with Gasteiger partial charge in [0.15, 0.2) is 0 Å². The summed E-state index contributed by atoms with van der Waals surface area (Å²) in [6, 6.07) is 16.7. The molecule has 0 aromatic heterocycles. The Morgan fingerprint density at radius 3 is 2.47 bits per heavy atom. The molecule has 2 N–H and O–H groups in total. The number of hydrogen-bond acceptors (Lipinski definition) is 4. The Labute approximate surface area is 177 Å². The van der Waals surface area contributed by atoms with Crippen molar-refractivity contribution < 1.29 is 14.4 Å². The van der Waals surface area contributed by atoms with Crippen molar-refractivity contribution in [3.05, 3.63) is 65.7 Å². The monoisotopic (exact) mass is 408 g/mol. The summed E-state index contributed by atoms with van der Waals surface area (Å²) in [6.07, 6.45) is 0.660. The lowest BCUT2D eigenvalue weighted by Crippen LogP contribution is -2.50. The van der Waals surface area contributed by atoms with Crippen LogP contribution in [0.1, 0.15) is 22.8 Å². The van der Waals surface area contributed by atoms with Gasteiger partial charge in [0.05, 0.1) is 0 Å². The first-order valence-electron chi connectivity index (χ1n) is 10.2. The van der Waals surface area contributed by atoms with E-state index in [4.69, 9.17) is 0 Å². The minimum absolute atomic E-state index is 0.0377. The van der Waals surface area contributed by atoms with Gasteiger partial charge >= 0.3 is 0 Å². The summed E-state index contributed by atoms with van der Waals surface area (Å²) in [7, 11) is 0. The molecule has 3 rings (SSSR count). The van der Waals surface area contributed by atoms with Crippen LogP contribution in [0.3, 0.4) is 0 Å². The Balaban J connectivity index is 1.75. The third kappa shape index (κ3) is 6.15. The second-order valence-electron chi connectivity index (χ2n) is 7.36. The molecule has 2 aromatic rings. The summed E-state index contributed by atoms with van der Waals surface area (Å²) < 4.78 is 0. The van der Waals surface area contributed by atoms with Gasteiger partial charge in [-0.1, -0.05) is 36.4 Å². The topological polar surface area (TPSA) is 81.8 Å². The van der Waals surface area contributed by atoms with E-state index in [1.165, 1.54) is 6.92 Å². The molecule has 0 radical (unpaired) electrons. The van der Waals surface area contributed by atoms with Crippen LogP contribution in [0.15, 0.2) is 54.6 Å². The molecule has 1 heterocycles. The molecule has 1 saturated heterocycles. The zero-order valence-corrected chi connectivity index (χ0v) is 17.3. The smallest absolute Gasteiger partial charge is 0.254 e. The number of piperazine rings is 1. The highest BCUT2D eigenvalue weighted by Crippen LogP contribution is 2.14. The lowest BCUT2D eigenvalue weighted by atomic mass is 10.1. The first-order chi connectivity index (χ1) is 14.5. The summed E-state index contributed by atoms with van der Waals surface area (Å²) in [5.74, 6) is -0.466. The molecule has 7 heteroatoms. The Kier molecular flexibility index (Phi) is 7.57. The third-order valence-corrected chi connectivity index (χ3v) is 5.03. The fourth-order valence-corrected chi connectivity index (χ4v) is 3.45. The number of nitrogens with zero attached hydrogens (tertiary/aromatic N) is 2. The molecule has 1 aliphatic heterocycles. The van der Waals surface area contributed by atoms with Crippen molar-refractivity contribution in [2.24, 2.45) is 0 Å². The summed E-state index contributed by atoms with van der Waals surface area (Å²) >= 11 is 0. The van der Waals surface area contributed by atoms with Crippen LogP contribution < -0.4 is 10.6 Å². The van der Waals surface area contributed by atoms with Crippen LogP contribution in [0, 0.1) is 0 Å². The highest BCUT2D eigenvalue weighted by atomic mass is 16.2. The number of rotatable bonds is 7. The lowest BCUT2D eigenvalue weighted by Gasteiger charge is -2.30. The van der Waals surface area contributed by atoms with E-state index in [9.17, 15) is 14.4 Å². The first-order valence-corrected chi connectivity index (χ1v) is 10.2. The Hall–Kier alpha value is -3.19. The molecule has 30 heavy (non-hydrogen) atoms. The SMILES string of the molecule is CC(=O)Nc1cccc(C(=O)N(CCc2ccccc2)CC(=O)N2CCNCC2)c1. The Morgan fingerprint density at radius 1 is 1.03 bits per heavy atom. The van der Waals surface area contributed by atoms with Gasteiger partial charge in [0.1, 0.15) is 6.54 Å². The van der Waals surface area contributed by atoms with Crippen molar-refractivity contribution in [1.82, 2.24) is 15.1 Å². The van der Waals surface area contributed by atoms with Gasteiger partial charge in [0.25, 0.3) is 5.91 Å². The second-order valence-corrected chi connectivity index (χ2v) is 7.36. The number of carbonyl (C=O) groups excluding carboxylic acids is 3. The van der Waals surface area contributed by atoms with Crippen LogP contribution >= 0.6 is 0 Å². The van der Waals surface area contributed by atoms with Crippen LogP contribution in [0.5, 0.6) is 0 Å². The molecule has 2 aromatic carbocycles. The fraction of sp³-hybridized carbons (Fsp3) is 0.348. The molecule has 7 nitrogen and oxygen atoms in total. The molecular weight excluding hydrogens is 380 g/mol. The number of benzene rings is 2. The molecule has 0 atom stereocenters. The standard InChI is InChI=1S/C23H28N4O3/c1-18(28)25-21-9-5-8-20(16-21)23(30)27(13-10-19-6-3-2-4-7-19)17-22(29)26-14-11-24-12-15-26/h2-9,16,24H,10-15,17H2,1H3,(H,25,28). The van der Waals surface area contributed by atoms with Crippen LogP contribution in [-0.4, -0.2) is 66.8 Å². The second kappa shape index (κ2) is 10.5. The van der Waals surface area contributed by atoms with Gasteiger partial charge in [-0.25, -0.2) is 0 Å². The molecule has 1 fully saturated rings. The number of anilines is 1. The number of nitrogens with one attached hydrogen (secondary N) is 2. The Bertz CT molecular complexity index is 879. The van der Waals surface area contributed by atoms with Crippen molar-refractivity contribution >= 4 is 23.4 Å². The maximum Gasteiger partial charge on any atom is 0.254 e. The quantitative estimate of drug-likeness (QED) is 0.732. The summed E-state index contributed by atoms with van der Waals surface area (Å²) in [5, 5.41) is 5.93. The van der Waals surface area contributed by atoms with Gasteiger partial charge in [-0.05, 0) is 30.2 Å². The predicted octanol–water partition coefficient (Wildman–Crippen LogP) is 1.76. The third-order valence-electron chi connectivity index (χ3n) is 5.03. The van der Waals surface area contributed by atoms with Crippen molar-refractivity contribution in [2.45, 2.75) is 13.3 Å². The normalized spacial score (nSPS) is 13.6. The molecule has 3 amide bonds. The molecule has 0 unspecified atom stereocenters. The minimum Gasteiger partial charge on any atom is -0.339 e. The average Bonchev–Trinajstić information content (AvgIpc) is 2.77. The van der Waals surface area contributed by atoms with E-state index < -0.39 is 0 Å². The largest absolute Gasteiger partial charge is 0.339 e. The predicted molar refractivity (Wildman–Crippen MR) is 116 cm³/mol. The van der Waals surface area contributed by atoms with E-state index in [1.807, 2.05) is 30.3 Å². The molecule has 1 aliphatic rings. The van der Waals surface area contributed by atoms with Gasteiger partial charge in [-0.2, -0.15) is 0 Å². The van der Waals surface area contributed by atoms with Gasteiger partial charge in [0, 0.05) is 50.9 Å². The Morgan fingerprint density at radius 2 is 1.77 bits per heavy atom. The van der Waals surface area contributed by atoms with E-state index >= 15 is 0 Å². The van der Waals surface area contributed by atoms with E-state index in [1.54, 1.807) is 34.1 Å². The minimum atomic E-state index is -0.221. The van der Waals surface area contributed by atoms with Crippen LogP contribution in [0.2, 0.25) is 0 Å². The number of hydrogen-bond donors (Lipinski definition) is 2. The highest BCUT2D eigenvalue weighted by Gasteiger charge is 2.23. The molecule has 158 valence electrons. The maximum atomic E-state index is 13.3. The van der Waals surface area contributed by atoms with E-state index in [2.05, 4.69) is 10.6 Å². The summed E-state index contributed by atoms with van der Waals surface area (Å²) in [4.78, 5) is 40.8. The molecule has 0 spiro atoms. The van der Waals surface area contributed by atoms with Crippen molar-refractivity contribution in [3.8, 4) is 0 Å². The van der Waals surface area contributed by atoms with E-state index in [0.717, 1.165) is 18.7 Å².